The normalized spacial score (nSPS) is 11.1. The predicted octanol–water partition coefficient (Wildman–Crippen LogP) is 3.54. The molecule has 0 N–H and O–H groups in total. The zero-order valence-corrected chi connectivity index (χ0v) is 16.2. The van der Waals surface area contributed by atoms with Gasteiger partial charge in [-0.3, -0.25) is 10.1 Å². The van der Waals surface area contributed by atoms with Gasteiger partial charge in [0.05, 0.1) is 15.5 Å². The van der Waals surface area contributed by atoms with Crippen LogP contribution >= 0.6 is 23.2 Å². The Morgan fingerprint density at radius 3 is 2.44 bits per heavy atom. The van der Waals surface area contributed by atoms with Gasteiger partial charge in [-0.1, -0.05) is 23.2 Å². The molecule has 27 heavy (non-hydrogen) atoms. The molecule has 2 rings (SSSR count). The maximum atomic E-state index is 12.0. The van der Waals surface area contributed by atoms with Crippen molar-refractivity contribution in [2.24, 2.45) is 0 Å². The van der Waals surface area contributed by atoms with Crippen molar-refractivity contribution >= 4 is 44.7 Å². The molecule has 0 aliphatic heterocycles. The second-order valence-corrected chi connectivity index (χ2v) is 8.10. The van der Waals surface area contributed by atoms with Crippen LogP contribution in [-0.4, -0.2) is 38.8 Å². The average Bonchev–Trinajstić information content (AvgIpc) is 2.58. The van der Waals surface area contributed by atoms with Crippen LogP contribution in [-0.2, 0) is 14.6 Å². The lowest BCUT2D eigenvalue weighted by Crippen LogP contribution is -2.13. The molecule has 0 aliphatic rings. The summed E-state index contributed by atoms with van der Waals surface area (Å²) in [4.78, 5) is 21.7. The minimum absolute atomic E-state index is 0.0173. The fraction of sp³-hybridized carbons (Fsp3) is 0.188. The van der Waals surface area contributed by atoms with Gasteiger partial charge < -0.3 is 9.47 Å². The van der Waals surface area contributed by atoms with Gasteiger partial charge in [-0.2, -0.15) is 0 Å². The first-order valence-electron chi connectivity index (χ1n) is 7.33. The molecular formula is C16H13Cl2NO7S. The first kappa shape index (κ1) is 20.9. The van der Waals surface area contributed by atoms with E-state index in [2.05, 4.69) is 0 Å². The second-order valence-electron chi connectivity index (χ2n) is 5.27. The molecule has 0 saturated heterocycles. The van der Waals surface area contributed by atoms with E-state index in [9.17, 15) is 23.3 Å². The highest BCUT2D eigenvalue weighted by atomic mass is 35.5. The lowest BCUT2D eigenvalue weighted by atomic mass is 10.2. The summed E-state index contributed by atoms with van der Waals surface area (Å²) in [5, 5.41) is 11.8. The molecule has 0 heterocycles. The quantitative estimate of drug-likeness (QED) is 0.284. The predicted molar refractivity (Wildman–Crippen MR) is 98.4 cm³/mol. The van der Waals surface area contributed by atoms with Gasteiger partial charge in [0.2, 0.25) is 0 Å². The lowest BCUT2D eigenvalue weighted by molar-refractivity contribution is -0.387. The smallest absolute Gasteiger partial charge is 0.338 e. The summed E-state index contributed by atoms with van der Waals surface area (Å²) in [6.45, 7) is -0.171. The number of rotatable bonds is 7. The number of hydrogen-bond acceptors (Lipinski definition) is 7. The van der Waals surface area contributed by atoms with E-state index in [1.165, 1.54) is 6.07 Å². The number of nitro benzene ring substituents is 1. The first-order chi connectivity index (χ1) is 12.6. The molecule has 11 heteroatoms. The summed E-state index contributed by atoms with van der Waals surface area (Å²) >= 11 is 11.7. The van der Waals surface area contributed by atoms with Crippen LogP contribution in [0.3, 0.4) is 0 Å². The summed E-state index contributed by atoms with van der Waals surface area (Å²) in [5.74, 6) is -0.505. The van der Waals surface area contributed by atoms with Gasteiger partial charge in [-0.15, -0.1) is 0 Å². The van der Waals surface area contributed by atoms with Crippen LogP contribution in [0.1, 0.15) is 10.4 Å². The maximum Gasteiger partial charge on any atom is 0.338 e. The highest BCUT2D eigenvalue weighted by molar-refractivity contribution is 7.90. The number of halogens is 2. The number of nitrogens with zero attached hydrogens (tertiary/aromatic N) is 1. The van der Waals surface area contributed by atoms with E-state index in [0.717, 1.165) is 24.5 Å². The Morgan fingerprint density at radius 1 is 1.15 bits per heavy atom. The molecule has 0 saturated carbocycles. The molecule has 0 spiro atoms. The largest absolute Gasteiger partial charge is 0.488 e. The Kier molecular flexibility index (Phi) is 6.63. The molecule has 0 aromatic heterocycles. The second kappa shape index (κ2) is 8.55. The molecule has 144 valence electrons. The fourth-order valence-corrected chi connectivity index (χ4v) is 3.35. The molecule has 0 bridgehead atoms. The van der Waals surface area contributed by atoms with Crippen LogP contribution in [0, 0.1) is 10.1 Å². The number of carbonyl (C=O) groups is 1. The molecule has 0 fully saturated rings. The zero-order chi connectivity index (χ0) is 20.2. The number of esters is 1. The lowest BCUT2D eigenvalue weighted by Gasteiger charge is -2.09. The van der Waals surface area contributed by atoms with Crippen molar-refractivity contribution in [2.45, 2.75) is 4.90 Å². The molecule has 0 atom stereocenters. The third-order valence-electron chi connectivity index (χ3n) is 3.26. The number of sulfone groups is 1. The van der Waals surface area contributed by atoms with Crippen molar-refractivity contribution in [2.75, 3.05) is 19.5 Å². The standard InChI is InChI=1S/C16H13Cl2NO7S/c1-27(23,24)15-5-2-10(8-13(15)19(21)22)16(20)26-7-6-25-14-4-3-11(17)9-12(14)18/h2-5,8-9H,6-7H2,1H3. The van der Waals surface area contributed by atoms with Gasteiger partial charge in [0.15, 0.2) is 9.84 Å². The zero-order valence-electron chi connectivity index (χ0n) is 13.8. The minimum Gasteiger partial charge on any atom is -0.488 e. The minimum atomic E-state index is -3.82. The Hall–Kier alpha value is -2.36. The van der Waals surface area contributed by atoms with Crippen molar-refractivity contribution in [1.82, 2.24) is 0 Å². The van der Waals surface area contributed by atoms with Crippen molar-refractivity contribution in [3.8, 4) is 5.75 Å². The van der Waals surface area contributed by atoms with Crippen molar-refractivity contribution in [1.29, 1.82) is 0 Å². The Morgan fingerprint density at radius 2 is 1.85 bits per heavy atom. The molecule has 8 nitrogen and oxygen atoms in total. The first-order valence-corrected chi connectivity index (χ1v) is 9.98. The van der Waals surface area contributed by atoms with Crippen molar-refractivity contribution < 1.29 is 27.6 Å². The van der Waals surface area contributed by atoms with E-state index in [-0.39, 0.29) is 18.8 Å². The number of carbonyl (C=O) groups excluding carboxylic acids is 1. The fourth-order valence-electron chi connectivity index (χ4n) is 2.06. The SMILES string of the molecule is CS(=O)(=O)c1ccc(C(=O)OCCOc2ccc(Cl)cc2Cl)cc1[N+](=O)[O-]. The number of benzene rings is 2. The van der Waals surface area contributed by atoms with E-state index in [1.54, 1.807) is 12.1 Å². The molecule has 0 amide bonds. The van der Waals surface area contributed by atoms with E-state index < -0.39 is 31.3 Å². The maximum absolute atomic E-state index is 12.0. The molecular weight excluding hydrogens is 421 g/mol. The van der Waals surface area contributed by atoms with Crippen LogP contribution in [0.2, 0.25) is 10.0 Å². The molecule has 0 unspecified atom stereocenters. The van der Waals surface area contributed by atoms with E-state index >= 15 is 0 Å². The van der Waals surface area contributed by atoms with Crippen LogP contribution in [0.4, 0.5) is 5.69 Å². The third kappa shape index (κ3) is 5.56. The van der Waals surface area contributed by atoms with E-state index in [4.69, 9.17) is 32.7 Å². The van der Waals surface area contributed by atoms with Crippen LogP contribution in [0.25, 0.3) is 0 Å². The van der Waals surface area contributed by atoms with Crippen LogP contribution < -0.4 is 4.74 Å². The molecule has 2 aromatic carbocycles. The van der Waals surface area contributed by atoms with Gasteiger partial charge in [0, 0.05) is 17.3 Å². The highest BCUT2D eigenvalue weighted by Crippen LogP contribution is 2.27. The summed E-state index contributed by atoms with van der Waals surface area (Å²) in [7, 11) is -3.82. The monoisotopic (exact) mass is 433 g/mol. The van der Waals surface area contributed by atoms with Gasteiger partial charge in [-0.25, -0.2) is 13.2 Å². The van der Waals surface area contributed by atoms with Gasteiger partial charge in [-0.05, 0) is 30.3 Å². The van der Waals surface area contributed by atoms with E-state index in [1.807, 2.05) is 0 Å². The Bertz CT molecular complexity index is 992. The number of ether oxygens (including phenoxy) is 2. The average molecular weight is 434 g/mol. The van der Waals surface area contributed by atoms with Crippen LogP contribution in [0.5, 0.6) is 5.75 Å². The van der Waals surface area contributed by atoms with E-state index in [0.29, 0.717) is 15.8 Å². The highest BCUT2D eigenvalue weighted by Gasteiger charge is 2.24. The molecule has 0 aliphatic carbocycles. The summed E-state index contributed by atoms with van der Waals surface area (Å²) < 4.78 is 33.5. The van der Waals surface area contributed by atoms with Gasteiger partial charge in [0.25, 0.3) is 5.69 Å². The summed E-state index contributed by atoms with van der Waals surface area (Å²) in [6, 6.07) is 7.62. The summed E-state index contributed by atoms with van der Waals surface area (Å²) in [5.41, 5.74) is -0.852. The van der Waals surface area contributed by atoms with Crippen LogP contribution in [0.15, 0.2) is 41.3 Å². The Balaban J connectivity index is 2.01. The summed E-state index contributed by atoms with van der Waals surface area (Å²) in [6.07, 6.45) is 0.840. The van der Waals surface area contributed by atoms with Crippen molar-refractivity contribution in [3.63, 3.8) is 0 Å². The number of hydrogen-bond donors (Lipinski definition) is 0. The molecule has 2 aromatic rings. The number of nitro groups is 1. The van der Waals surface area contributed by atoms with Gasteiger partial charge in [0.1, 0.15) is 23.9 Å². The third-order valence-corrected chi connectivity index (χ3v) is 4.93. The Labute approximate surface area is 164 Å². The van der Waals surface area contributed by atoms with Gasteiger partial charge >= 0.3 is 5.97 Å². The molecule has 0 radical (unpaired) electrons. The van der Waals surface area contributed by atoms with Crippen molar-refractivity contribution in [3.05, 3.63) is 62.1 Å². The topological polar surface area (TPSA) is 113 Å².